The number of unbranched alkanes of at least 4 members (excludes halogenated alkanes) is 4. The third kappa shape index (κ3) is 4.81. The Hall–Kier alpha value is -2.85. The molecule has 1 aliphatic rings. The van der Waals surface area contributed by atoms with Crippen molar-refractivity contribution in [3.63, 3.8) is 0 Å². The molecule has 0 spiro atoms. The van der Waals surface area contributed by atoms with E-state index in [9.17, 15) is 0 Å². The number of aromatic nitrogens is 3. The molecule has 0 unspecified atom stereocenters. The molecule has 4 heteroatoms. The number of fused-ring (bicyclic) bond motifs is 3. The molecule has 3 heterocycles. The Morgan fingerprint density at radius 3 is 2.37 bits per heavy atom. The van der Waals surface area contributed by atoms with Crippen LogP contribution in [-0.2, 0) is 12.0 Å². The lowest BCUT2D eigenvalue weighted by Crippen LogP contribution is -2.49. The third-order valence-electron chi connectivity index (χ3n) is 7.82. The molecule has 1 aliphatic heterocycles. The molecule has 0 fully saturated rings. The molecular weight excluding hydrogens is 428 g/mol. The van der Waals surface area contributed by atoms with Crippen molar-refractivity contribution in [2.45, 2.75) is 90.1 Å². The highest BCUT2D eigenvalue weighted by Crippen LogP contribution is 2.44. The molecule has 35 heavy (non-hydrogen) atoms. The van der Waals surface area contributed by atoms with Crippen LogP contribution >= 0.6 is 0 Å². The summed E-state index contributed by atoms with van der Waals surface area (Å²) < 4.78 is 0. The van der Waals surface area contributed by atoms with Crippen LogP contribution in [0.3, 0.4) is 0 Å². The lowest BCUT2D eigenvalue weighted by molar-refractivity contribution is 0.209. The normalized spacial score (nSPS) is 17.1. The molecule has 5 rings (SSSR count). The second-order valence-corrected chi connectivity index (χ2v) is 10.5. The van der Waals surface area contributed by atoms with E-state index < -0.39 is 0 Å². The molecule has 4 nitrogen and oxygen atoms in total. The molecule has 0 aliphatic carbocycles. The van der Waals surface area contributed by atoms with Crippen molar-refractivity contribution in [2.75, 3.05) is 0 Å². The van der Waals surface area contributed by atoms with E-state index in [-0.39, 0.29) is 11.6 Å². The summed E-state index contributed by atoms with van der Waals surface area (Å²) in [6.45, 7) is 6.80. The van der Waals surface area contributed by atoms with Crippen LogP contribution in [0.15, 0.2) is 54.7 Å². The van der Waals surface area contributed by atoms with Crippen LogP contribution in [-0.4, -0.2) is 15.0 Å². The topological polar surface area (TPSA) is 56.5 Å². The molecule has 2 aromatic heterocycles. The molecule has 184 valence electrons. The van der Waals surface area contributed by atoms with Gasteiger partial charge in [-0.15, -0.1) is 0 Å². The first kappa shape index (κ1) is 23.9. The number of nitrogens with one attached hydrogen (secondary N) is 3. The van der Waals surface area contributed by atoms with Crippen LogP contribution < -0.4 is 5.32 Å². The zero-order valence-electron chi connectivity index (χ0n) is 21.6. The van der Waals surface area contributed by atoms with Gasteiger partial charge >= 0.3 is 0 Å². The van der Waals surface area contributed by atoms with Crippen LogP contribution in [0.2, 0.25) is 0 Å². The number of imidazole rings is 1. The number of rotatable bonds is 10. The Kier molecular flexibility index (Phi) is 7.10. The van der Waals surface area contributed by atoms with E-state index in [0.29, 0.717) is 0 Å². The van der Waals surface area contributed by atoms with E-state index in [2.05, 4.69) is 84.6 Å². The molecule has 2 aromatic carbocycles. The molecule has 4 aromatic rings. The maximum atomic E-state index is 4.90. The van der Waals surface area contributed by atoms with Crippen molar-refractivity contribution in [3.8, 4) is 11.3 Å². The zero-order valence-corrected chi connectivity index (χ0v) is 21.6. The lowest BCUT2D eigenvalue weighted by atomic mass is 9.77. The van der Waals surface area contributed by atoms with Gasteiger partial charge in [0.1, 0.15) is 5.82 Å². The van der Waals surface area contributed by atoms with Gasteiger partial charge in [-0.05, 0) is 49.4 Å². The van der Waals surface area contributed by atoms with E-state index in [0.717, 1.165) is 30.8 Å². The summed E-state index contributed by atoms with van der Waals surface area (Å²) in [6.07, 6.45) is 12.8. The maximum absolute atomic E-state index is 4.90. The summed E-state index contributed by atoms with van der Waals surface area (Å²) in [5.41, 5.74) is 7.72. The van der Waals surface area contributed by atoms with Crippen LogP contribution in [0.4, 0.5) is 0 Å². The van der Waals surface area contributed by atoms with Crippen molar-refractivity contribution < 1.29 is 0 Å². The van der Waals surface area contributed by atoms with Gasteiger partial charge < -0.3 is 9.97 Å². The van der Waals surface area contributed by atoms with E-state index in [1.807, 2.05) is 6.20 Å². The Morgan fingerprint density at radius 1 is 0.914 bits per heavy atom. The number of H-pyrrole nitrogens is 2. The van der Waals surface area contributed by atoms with Crippen LogP contribution in [0.5, 0.6) is 0 Å². The fourth-order valence-corrected chi connectivity index (χ4v) is 5.96. The zero-order chi connectivity index (χ0) is 24.3. The first-order valence-electron chi connectivity index (χ1n) is 13.6. The summed E-state index contributed by atoms with van der Waals surface area (Å²) in [6, 6.07) is 17.5. The van der Waals surface area contributed by atoms with Gasteiger partial charge in [-0.3, -0.25) is 5.32 Å². The monoisotopic (exact) mass is 468 g/mol. The summed E-state index contributed by atoms with van der Waals surface area (Å²) in [7, 11) is 0. The third-order valence-corrected chi connectivity index (χ3v) is 7.82. The van der Waals surface area contributed by atoms with Gasteiger partial charge in [0.15, 0.2) is 0 Å². The van der Waals surface area contributed by atoms with Gasteiger partial charge in [-0.25, -0.2) is 4.98 Å². The maximum Gasteiger partial charge on any atom is 0.124 e. The molecule has 0 amide bonds. The minimum absolute atomic E-state index is 0.0464. The van der Waals surface area contributed by atoms with Gasteiger partial charge in [-0.1, -0.05) is 94.3 Å². The van der Waals surface area contributed by atoms with E-state index in [1.165, 1.54) is 71.8 Å². The molecule has 0 saturated carbocycles. The van der Waals surface area contributed by atoms with Crippen molar-refractivity contribution in [3.05, 3.63) is 77.4 Å². The van der Waals surface area contributed by atoms with Gasteiger partial charge in [-0.2, -0.15) is 0 Å². The van der Waals surface area contributed by atoms with Crippen molar-refractivity contribution in [1.82, 2.24) is 20.3 Å². The number of nitrogens with zero attached hydrogens (tertiary/aromatic N) is 1. The summed E-state index contributed by atoms with van der Waals surface area (Å²) >= 11 is 0. The largest absolute Gasteiger partial charge is 0.357 e. The van der Waals surface area contributed by atoms with Gasteiger partial charge in [0.2, 0.25) is 0 Å². The first-order valence-corrected chi connectivity index (χ1v) is 13.6. The standard InChI is InChI=1S/C31H40N4/c1-4-6-11-17-31(18-12-7-5-2)29-25(24-19-22(3)15-16-26(24)33-29)20-27(35-31)30-32-21-28(34-30)23-13-9-8-10-14-23/h8-10,13-16,19,21,27,33,35H,4-7,11-12,17-18,20H2,1-3H3,(H,32,34)/t27-/m0/s1. The van der Waals surface area contributed by atoms with Crippen molar-refractivity contribution in [2.24, 2.45) is 0 Å². The quantitative estimate of drug-likeness (QED) is 0.206. The van der Waals surface area contributed by atoms with E-state index >= 15 is 0 Å². The number of aromatic amines is 2. The van der Waals surface area contributed by atoms with E-state index in [4.69, 9.17) is 4.98 Å². The average Bonchev–Trinajstić information content (AvgIpc) is 3.51. The van der Waals surface area contributed by atoms with Crippen LogP contribution in [0, 0.1) is 6.92 Å². The number of aryl methyl sites for hydroxylation is 1. The van der Waals surface area contributed by atoms with Gasteiger partial charge in [0.05, 0.1) is 23.5 Å². The summed E-state index contributed by atoms with van der Waals surface area (Å²) in [5.74, 6) is 1.05. The minimum atomic E-state index is -0.0464. The fourth-order valence-electron chi connectivity index (χ4n) is 5.96. The lowest BCUT2D eigenvalue weighted by Gasteiger charge is -2.42. The highest BCUT2D eigenvalue weighted by Gasteiger charge is 2.42. The van der Waals surface area contributed by atoms with Crippen molar-refractivity contribution in [1.29, 1.82) is 0 Å². The molecule has 0 radical (unpaired) electrons. The molecule has 0 saturated heterocycles. The fraction of sp³-hybridized carbons (Fsp3) is 0.452. The Bertz CT molecular complexity index is 1240. The minimum Gasteiger partial charge on any atom is -0.357 e. The van der Waals surface area contributed by atoms with Gasteiger partial charge in [0.25, 0.3) is 0 Å². The Morgan fingerprint density at radius 2 is 1.66 bits per heavy atom. The number of benzene rings is 2. The Balaban J connectivity index is 1.58. The summed E-state index contributed by atoms with van der Waals surface area (Å²) in [4.78, 5) is 12.5. The molecule has 3 N–H and O–H groups in total. The molecule has 1 atom stereocenters. The first-order chi connectivity index (χ1) is 17.1. The Labute approximate surface area is 210 Å². The SMILES string of the molecule is CCCCCC1(CCCCC)N[C@H](c2ncc(-c3ccccc3)[nH]2)Cc2c1[nH]c1ccc(C)cc21. The van der Waals surface area contributed by atoms with Gasteiger partial charge in [0, 0.05) is 16.6 Å². The van der Waals surface area contributed by atoms with E-state index in [1.54, 1.807) is 0 Å². The number of hydrogen-bond donors (Lipinski definition) is 3. The second-order valence-electron chi connectivity index (χ2n) is 10.5. The van der Waals surface area contributed by atoms with Crippen LogP contribution in [0.1, 0.15) is 93.9 Å². The summed E-state index contributed by atoms with van der Waals surface area (Å²) in [5, 5.41) is 5.56. The highest BCUT2D eigenvalue weighted by molar-refractivity contribution is 5.86. The predicted molar refractivity (Wildman–Crippen MR) is 147 cm³/mol. The molecule has 0 bridgehead atoms. The number of hydrogen-bond acceptors (Lipinski definition) is 2. The molecular formula is C31H40N4. The second kappa shape index (κ2) is 10.4. The highest BCUT2D eigenvalue weighted by atomic mass is 15.1. The average molecular weight is 469 g/mol. The van der Waals surface area contributed by atoms with Crippen molar-refractivity contribution >= 4 is 10.9 Å². The smallest absolute Gasteiger partial charge is 0.124 e. The van der Waals surface area contributed by atoms with Crippen LogP contribution in [0.25, 0.3) is 22.2 Å². The predicted octanol–water partition coefficient (Wildman–Crippen LogP) is 8.11.